The maximum absolute atomic E-state index is 15.4. The lowest BCUT2D eigenvalue weighted by atomic mass is 10.0. The molecule has 13 heteroatoms. The van der Waals surface area contributed by atoms with Crippen LogP contribution in [0.2, 0.25) is 5.02 Å². The van der Waals surface area contributed by atoms with Crippen LogP contribution in [0.25, 0.3) is 16.8 Å². The number of benzene rings is 3. The molecule has 3 aromatic carbocycles. The van der Waals surface area contributed by atoms with Gasteiger partial charge in [-0.05, 0) is 44.5 Å². The molecule has 1 aromatic heterocycles. The van der Waals surface area contributed by atoms with Crippen molar-refractivity contribution in [3.63, 3.8) is 0 Å². The number of halogens is 2. The van der Waals surface area contributed by atoms with Gasteiger partial charge in [0.05, 0.1) is 27.1 Å². The van der Waals surface area contributed by atoms with Crippen molar-refractivity contribution in [2.24, 2.45) is 0 Å². The van der Waals surface area contributed by atoms with Crippen molar-refractivity contribution in [3.8, 4) is 16.8 Å². The standard InChI is InChI=1S/C27H27ClFN5O5S/c1-5-25-30-33(23-15-19(34(36)37)12-13-21(23)28)26(35)32(25)16-18-11-10-17(14-22(18)29)20-8-6-7-9-24(20)40(38,39)31-27(2,3)4/h6-15,31H,5,16H2,1-4H3. The summed E-state index contributed by atoms with van der Waals surface area (Å²) >= 11 is 6.21. The Bertz CT molecular complexity index is 1780. The predicted octanol–water partition coefficient (Wildman–Crippen LogP) is 5.09. The maximum atomic E-state index is 15.4. The van der Waals surface area contributed by atoms with Gasteiger partial charge in [-0.3, -0.25) is 14.7 Å². The summed E-state index contributed by atoms with van der Waals surface area (Å²) in [7, 11) is -3.90. The zero-order chi connectivity index (χ0) is 29.4. The minimum Gasteiger partial charge on any atom is -0.274 e. The van der Waals surface area contributed by atoms with E-state index in [0.717, 1.165) is 10.7 Å². The molecular weight excluding hydrogens is 561 g/mol. The SMILES string of the molecule is CCc1nn(-c2cc([N+](=O)[O-])ccc2Cl)c(=O)n1Cc1ccc(-c2ccccc2S(=O)(=O)NC(C)(C)C)cc1F. The summed E-state index contributed by atoms with van der Waals surface area (Å²) in [4.78, 5) is 23.9. The number of non-ortho nitro benzene ring substituents is 1. The van der Waals surface area contributed by atoms with Crippen LogP contribution in [0.3, 0.4) is 0 Å². The lowest BCUT2D eigenvalue weighted by molar-refractivity contribution is -0.384. The van der Waals surface area contributed by atoms with E-state index >= 15 is 4.39 Å². The molecule has 0 spiro atoms. The fourth-order valence-electron chi connectivity index (χ4n) is 4.20. The normalized spacial score (nSPS) is 12.1. The topological polar surface area (TPSA) is 129 Å². The van der Waals surface area contributed by atoms with Crippen molar-refractivity contribution in [2.45, 2.75) is 51.1 Å². The van der Waals surface area contributed by atoms with Crippen LogP contribution >= 0.6 is 11.6 Å². The number of aromatic nitrogens is 3. The molecule has 0 fully saturated rings. The monoisotopic (exact) mass is 587 g/mol. The zero-order valence-corrected chi connectivity index (χ0v) is 23.8. The van der Waals surface area contributed by atoms with Crippen LogP contribution in [0.1, 0.15) is 39.1 Å². The van der Waals surface area contributed by atoms with Gasteiger partial charge in [0, 0.05) is 35.2 Å². The summed E-state index contributed by atoms with van der Waals surface area (Å²) < 4.78 is 46.3. The van der Waals surface area contributed by atoms with Crippen molar-refractivity contribution in [1.29, 1.82) is 0 Å². The average molecular weight is 588 g/mol. The fourth-order valence-corrected chi connectivity index (χ4v) is 6.05. The summed E-state index contributed by atoms with van der Waals surface area (Å²) in [5, 5.41) is 15.6. The van der Waals surface area contributed by atoms with Crippen molar-refractivity contribution < 1.29 is 17.7 Å². The molecular formula is C27H27ClFN5O5S. The Morgan fingerprint density at radius 1 is 1.10 bits per heavy atom. The summed E-state index contributed by atoms with van der Waals surface area (Å²) in [6, 6.07) is 14.3. The second-order valence-corrected chi connectivity index (χ2v) is 12.2. The minimum absolute atomic E-state index is 0.0108. The van der Waals surface area contributed by atoms with E-state index in [-0.39, 0.29) is 33.4 Å². The van der Waals surface area contributed by atoms with Crippen molar-refractivity contribution in [1.82, 2.24) is 19.1 Å². The molecule has 0 aliphatic carbocycles. The molecule has 40 heavy (non-hydrogen) atoms. The van der Waals surface area contributed by atoms with Gasteiger partial charge in [-0.2, -0.15) is 4.68 Å². The third-order valence-corrected chi connectivity index (χ3v) is 8.07. The third-order valence-electron chi connectivity index (χ3n) is 5.93. The van der Waals surface area contributed by atoms with Crippen LogP contribution in [0, 0.1) is 15.9 Å². The number of aryl methyl sites for hydroxylation is 1. The second-order valence-electron chi connectivity index (χ2n) is 10.1. The molecule has 0 aliphatic rings. The van der Waals surface area contributed by atoms with Gasteiger partial charge in [-0.1, -0.05) is 48.9 Å². The number of nitro benzene ring substituents is 1. The first kappa shape index (κ1) is 29.1. The lowest BCUT2D eigenvalue weighted by Crippen LogP contribution is -2.40. The van der Waals surface area contributed by atoms with E-state index in [1.54, 1.807) is 52.0 Å². The van der Waals surface area contributed by atoms with E-state index in [1.165, 1.54) is 34.9 Å². The van der Waals surface area contributed by atoms with Crippen LogP contribution in [0.4, 0.5) is 10.1 Å². The number of hydrogen-bond donors (Lipinski definition) is 1. The Morgan fingerprint density at radius 2 is 1.80 bits per heavy atom. The van der Waals surface area contributed by atoms with Gasteiger partial charge < -0.3 is 0 Å². The molecule has 1 heterocycles. The molecule has 210 valence electrons. The molecule has 1 N–H and O–H groups in total. The van der Waals surface area contributed by atoms with Crippen LogP contribution in [-0.4, -0.2) is 33.2 Å². The molecule has 0 radical (unpaired) electrons. The van der Waals surface area contributed by atoms with Gasteiger partial charge in [-0.25, -0.2) is 22.3 Å². The van der Waals surface area contributed by atoms with E-state index in [4.69, 9.17) is 11.6 Å². The van der Waals surface area contributed by atoms with Crippen LogP contribution in [0.15, 0.2) is 70.4 Å². The Balaban J connectivity index is 1.73. The predicted molar refractivity (Wildman–Crippen MR) is 150 cm³/mol. The summed E-state index contributed by atoms with van der Waals surface area (Å²) in [5.74, 6) is -0.329. The molecule has 0 atom stereocenters. The van der Waals surface area contributed by atoms with Gasteiger partial charge in [0.1, 0.15) is 11.6 Å². The first-order valence-corrected chi connectivity index (χ1v) is 14.1. The van der Waals surface area contributed by atoms with E-state index in [2.05, 4.69) is 9.82 Å². The highest BCUT2D eigenvalue weighted by molar-refractivity contribution is 7.89. The molecule has 4 aromatic rings. The molecule has 0 saturated carbocycles. The van der Waals surface area contributed by atoms with Crippen molar-refractivity contribution in [2.75, 3.05) is 0 Å². The minimum atomic E-state index is -3.90. The smallest absolute Gasteiger partial charge is 0.274 e. The quantitative estimate of drug-likeness (QED) is 0.226. The molecule has 0 amide bonds. The highest BCUT2D eigenvalue weighted by Crippen LogP contribution is 2.30. The Kier molecular flexibility index (Phi) is 7.97. The number of rotatable bonds is 8. The third kappa shape index (κ3) is 5.98. The Labute approximate surface area is 235 Å². The Morgan fingerprint density at radius 3 is 2.42 bits per heavy atom. The van der Waals surface area contributed by atoms with Crippen LogP contribution in [-0.2, 0) is 23.0 Å². The first-order chi connectivity index (χ1) is 18.7. The molecule has 10 nitrogen and oxygen atoms in total. The zero-order valence-electron chi connectivity index (χ0n) is 22.2. The molecule has 0 saturated heterocycles. The molecule has 0 unspecified atom stereocenters. The van der Waals surface area contributed by atoms with E-state index in [1.807, 2.05) is 0 Å². The van der Waals surface area contributed by atoms with Gasteiger partial charge in [0.25, 0.3) is 5.69 Å². The van der Waals surface area contributed by atoms with Gasteiger partial charge in [0.2, 0.25) is 10.0 Å². The number of nitrogens with one attached hydrogen (secondary N) is 1. The molecule has 4 rings (SSSR count). The highest BCUT2D eigenvalue weighted by atomic mass is 35.5. The van der Waals surface area contributed by atoms with E-state index < -0.39 is 32.0 Å². The van der Waals surface area contributed by atoms with Crippen LogP contribution in [0.5, 0.6) is 0 Å². The largest absolute Gasteiger partial charge is 0.351 e. The molecule has 0 bridgehead atoms. The summed E-state index contributed by atoms with van der Waals surface area (Å²) in [6.07, 6.45) is 0.320. The van der Waals surface area contributed by atoms with E-state index in [9.17, 15) is 23.3 Å². The summed E-state index contributed by atoms with van der Waals surface area (Å²) in [6.45, 7) is 6.77. The van der Waals surface area contributed by atoms with Gasteiger partial charge in [0.15, 0.2) is 0 Å². The van der Waals surface area contributed by atoms with Crippen molar-refractivity contribution in [3.05, 3.63) is 103 Å². The lowest BCUT2D eigenvalue weighted by Gasteiger charge is -2.21. The molecule has 0 aliphatic heterocycles. The second kappa shape index (κ2) is 11.0. The van der Waals surface area contributed by atoms with Gasteiger partial charge in [-0.15, -0.1) is 5.10 Å². The number of hydrogen-bond acceptors (Lipinski definition) is 6. The average Bonchev–Trinajstić information content (AvgIpc) is 3.18. The van der Waals surface area contributed by atoms with Gasteiger partial charge >= 0.3 is 5.69 Å². The van der Waals surface area contributed by atoms with E-state index in [0.29, 0.717) is 23.4 Å². The number of sulfonamides is 1. The van der Waals surface area contributed by atoms with Crippen molar-refractivity contribution >= 4 is 27.3 Å². The first-order valence-electron chi connectivity index (χ1n) is 12.3. The fraction of sp³-hybridized carbons (Fsp3) is 0.259. The number of nitrogens with zero attached hydrogens (tertiary/aromatic N) is 4. The number of nitro groups is 1. The maximum Gasteiger partial charge on any atom is 0.351 e. The summed E-state index contributed by atoms with van der Waals surface area (Å²) in [5.41, 5.74) is -0.759. The Hall–Kier alpha value is -3.87. The highest BCUT2D eigenvalue weighted by Gasteiger charge is 2.25. The van der Waals surface area contributed by atoms with Crippen LogP contribution < -0.4 is 10.4 Å².